The van der Waals surface area contributed by atoms with Crippen LogP contribution in [0.2, 0.25) is 0 Å². The molecule has 0 atom stereocenters. The van der Waals surface area contributed by atoms with Crippen molar-refractivity contribution in [1.82, 2.24) is 19.7 Å². The number of para-hydroxylation sites is 1. The van der Waals surface area contributed by atoms with Crippen LogP contribution in [0.5, 0.6) is 5.75 Å². The van der Waals surface area contributed by atoms with Gasteiger partial charge < -0.3 is 18.8 Å². The van der Waals surface area contributed by atoms with Gasteiger partial charge in [0.25, 0.3) is 5.91 Å². The Morgan fingerprint density at radius 2 is 2.17 bits per heavy atom. The zero-order valence-electron chi connectivity index (χ0n) is 16.6. The number of hydrogen-bond donors (Lipinski definition) is 0. The summed E-state index contributed by atoms with van der Waals surface area (Å²) >= 11 is 0. The van der Waals surface area contributed by atoms with E-state index in [0.717, 1.165) is 17.0 Å². The molecule has 29 heavy (non-hydrogen) atoms. The van der Waals surface area contributed by atoms with Gasteiger partial charge in [0.15, 0.2) is 6.39 Å². The number of oxazole rings is 1. The number of carbonyl (C=O) groups is 1. The topological polar surface area (TPSA) is 82.6 Å². The van der Waals surface area contributed by atoms with Crippen LogP contribution in [-0.4, -0.2) is 52.4 Å². The zero-order chi connectivity index (χ0) is 20.2. The molecule has 3 aromatic rings. The molecule has 8 nitrogen and oxygen atoms in total. The Hall–Kier alpha value is -3.13. The van der Waals surface area contributed by atoms with Crippen LogP contribution < -0.4 is 4.74 Å². The number of methoxy groups -OCH3 is 1. The van der Waals surface area contributed by atoms with E-state index < -0.39 is 0 Å². The van der Waals surface area contributed by atoms with E-state index in [-0.39, 0.29) is 5.91 Å². The fourth-order valence-corrected chi connectivity index (χ4v) is 3.66. The molecule has 1 aliphatic rings. The normalized spacial score (nSPS) is 13.4. The maximum atomic E-state index is 13.2. The Balaban J connectivity index is 1.66. The third-order valence-electron chi connectivity index (χ3n) is 5.02. The minimum Gasteiger partial charge on any atom is -0.493 e. The van der Waals surface area contributed by atoms with Gasteiger partial charge in [-0.1, -0.05) is 12.1 Å². The van der Waals surface area contributed by atoms with Gasteiger partial charge in [-0.25, -0.2) is 4.98 Å². The van der Waals surface area contributed by atoms with E-state index in [1.165, 1.54) is 6.39 Å². The van der Waals surface area contributed by atoms with Gasteiger partial charge in [-0.3, -0.25) is 9.48 Å². The van der Waals surface area contributed by atoms with Crippen molar-refractivity contribution < 1.29 is 18.7 Å². The lowest BCUT2D eigenvalue weighted by atomic mass is 10.0. The van der Waals surface area contributed by atoms with Gasteiger partial charge in [0.2, 0.25) is 0 Å². The molecule has 0 saturated carbocycles. The Kier molecular flexibility index (Phi) is 5.62. The summed E-state index contributed by atoms with van der Waals surface area (Å²) in [5.41, 5.74) is 4.11. The molecule has 0 aliphatic carbocycles. The first kappa shape index (κ1) is 19.2. The number of ether oxygens (including phenoxy) is 2. The number of hydrogen-bond acceptors (Lipinski definition) is 6. The highest BCUT2D eigenvalue weighted by Crippen LogP contribution is 2.31. The lowest BCUT2D eigenvalue weighted by molar-refractivity contribution is 0.0728. The fourth-order valence-electron chi connectivity index (χ4n) is 3.66. The standard InChI is InChI=1S/C21H24N4O4/c1-3-29-19-7-5-4-6-15(19)21(26)24-9-8-18-16(12-24)20(17-13-28-14-22-17)23-25(18)10-11-27-2/h4-7,13-14H,3,8-12H2,1-2H3. The average Bonchev–Trinajstić information content (AvgIpc) is 3.40. The van der Waals surface area contributed by atoms with E-state index in [0.29, 0.717) is 56.3 Å². The van der Waals surface area contributed by atoms with Crippen LogP contribution in [0.25, 0.3) is 11.4 Å². The maximum absolute atomic E-state index is 13.2. The van der Waals surface area contributed by atoms with E-state index in [4.69, 9.17) is 19.0 Å². The summed E-state index contributed by atoms with van der Waals surface area (Å²) in [6.45, 7) is 4.71. The van der Waals surface area contributed by atoms with Gasteiger partial charge in [0.1, 0.15) is 23.4 Å². The van der Waals surface area contributed by atoms with Crippen LogP contribution in [0.4, 0.5) is 0 Å². The van der Waals surface area contributed by atoms with Crippen LogP contribution >= 0.6 is 0 Å². The molecule has 4 rings (SSSR count). The second kappa shape index (κ2) is 8.48. The highest BCUT2D eigenvalue weighted by atomic mass is 16.5. The molecule has 1 aliphatic heterocycles. The molecule has 8 heteroatoms. The number of carbonyl (C=O) groups excluding carboxylic acids is 1. The van der Waals surface area contributed by atoms with Crippen molar-refractivity contribution in [2.24, 2.45) is 0 Å². The summed E-state index contributed by atoms with van der Waals surface area (Å²) in [6.07, 6.45) is 3.68. The summed E-state index contributed by atoms with van der Waals surface area (Å²) in [5, 5.41) is 4.74. The monoisotopic (exact) mass is 396 g/mol. The Bertz CT molecular complexity index is 981. The summed E-state index contributed by atoms with van der Waals surface area (Å²) in [5.74, 6) is 0.564. The van der Waals surface area contributed by atoms with Crippen molar-refractivity contribution in [2.45, 2.75) is 26.4 Å². The molecule has 1 aromatic carbocycles. The van der Waals surface area contributed by atoms with Crippen molar-refractivity contribution in [3.8, 4) is 17.1 Å². The largest absolute Gasteiger partial charge is 0.493 e. The molecule has 3 heterocycles. The van der Waals surface area contributed by atoms with Gasteiger partial charge in [-0.2, -0.15) is 5.10 Å². The second-order valence-electron chi connectivity index (χ2n) is 6.77. The highest BCUT2D eigenvalue weighted by Gasteiger charge is 2.30. The molecule has 2 aromatic heterocycles. The van der Waals surface area contributed by atoms with Crippen LogP contribution in [-0.2, 0) is 24.2 Å². The van der Waals surface area contributed by atoms with Gasteiger partial charge >= 0.3 is 0 Å². The third-order valence-corrected chi connectivity index (χ3v) is 5.02. The van der Waals surface area contributed by atoms with Crippen LogP contribution in [0, 0.1) is 0 Å². The number of benzene rings is 1. The SMILES string of the molecule is CCOc1ccccc1C(=O)N1CCc2c(c(-c3cocn3)nn2CCOC)C1. The van der Waals surface area contributed by atoms with Gasteiger partial charge in [-0.05, 0) is 19.1 Å². The molecule has 0 bridgehead atoms. The molecular formula is C21H24N4O4. The molecule has 0 saturated heterocycles. The highest BCUT2D eigenvalue weighted by molar-refractivity contribution is 5.97. The average molecular weight is 396 g/mol. The smallest absolute Gasteiger partial charge is 0.257 e. The first-order chi connectivity index (χ1) is 14.2. The summed E-state index contributed by atoms with van der Waals surface area (Å²) in [7, 11) is 1.67. The number of nitrogens with zero attached hydrogens (tertiary/aromatic N) is 4. The Morgan fingerprint density at radius 1 is 1.31 bits per heavy atom. The summed E-state index contributed by atoms with van der Waals surface area (Å²) in [6, 6.07) is 7.37. The lowest BCUT2D eigenvalue weighted by Crippen LogP contribution is -2.36. The Labute approximate surface area is 169 Å². The molecular weight excluding hydrogens is 372 g/mol. The van der Waals surface area contributed by atoms with Crippen molar-refractivity contribution in [3.05, 3.63) is 53.7 Å². The molecule has 152 valence electrons. The summed E-state index contributed by atoms with van der Waals surface area (Å²) in [4.78, 5) is 19.3. The van der Waals surface area contributed by atoms with E-state index in [1.54, 1.807) is 13.4 Å². The van der Waals surface area contributed by atoms with Crippen molar-refractivity contribution in [1.29, 1.82) is 0 Å². The van der Waals surface area contributed by atoms with Gasteiger partial charge in [0, 0.05) is 31.3 Å². The third kappa shape index (κ3) is 3.75. The minimum absolute atomic E-state index is 0.0459. The van der Waals surface area contributed by atoms with Crippen LogP contribution in [0.15, 0.2) is 41.3 Å². The van der Waals surface area contributed by atoms with Crippen molar-refractivity contribution >= 4 is 5.91 Å². The predicted octanol–water partition coefficient (Wildman–Crippen LogP) is 2.78. The maximum Gasteiger partial charge on any atom is 0.257 e. The number of amides is 1. The quantitative estimate of drug-likeness (QED) is 0.611. The second-order valence-corrected chi connectivity index (χ2v) is 6.77. The lowest BCUT2D eigenvalue weighted by Gasteiger charge is -2.28. The van der Waals surface area contributed by atoms with Gasteiger partial charge in [0.05, 0.1) is 31.9 Å². The van der Waals surface area contributed by atoms with E-state index >= 15 is 0 Å². The zero-order valence-corrected chi connectivity index (χ0v) is 16.6. The molecule has 0 spiro atoms. The number of fused-ring (bicyclic) bond motifs is 1. The van der Waals surface area contributed by atoms with E-state index in [2.05, 4.69) is 4.98 Å². The fraction of sp³-hybridized carbons (Fsp3) is 0.381. The van der Waals surface area contributed by atoms with E-state index in [9.17, 15) is 4.79 Å². The molecule has 1 amide bonds. The van der Waals surface area contributed by atoms with Crippen LogP contribution in [0.1, 0.15) is 28.5 Å². The Morgan fingerprint density at radius 3 is 2.93 bits per heavy atom. The van der Waals surface area contributed by atoms with Crippen LogP contribution in [0.3, 0.4) is 0 Å². The predicted molar refractivity (Wildman–Crippen MR) is 106 cm³/mol. The van der Waals surface area contributed by atoms with Gasteiger partial charge in [-0.15, -0.1) is 0 Å². The minimum atomic E-state index is -0.0459. The molecule has 0 N–H and O–H groups in total. The number of rotatable bonds is 7. The molecule has 0 radical (unpaired) electrons. The van der Waals surface area contributed by atoms with Crippen molar-refractivity contribution in [2.75, 3.05) is 26.9 Å². The summed E-state index contributed by atoms with van der Waals surface area (Å²) < 4.78 is 18.0. The van der Waals surface area contributed by atoms with E-state index in [1.807, 2.05) is 40.8 Å². The van der Waals surface area contributed by atoms with Crippen molar-refractivity contribution in [3.63, 3.8) is 0 Å². The molecule has 0 fully saturated rings. The number of aromatic nitrogens is 3. The first-order valence-corrected chi connectivity index (χ1v) is 9.70. The molecule has 0 unspecified atom stereocenters. The first-order valence-electron chi connectivity index (χ1n) is 9.70.